The van der Waals surface area contributed by atoms with E-state index in [4.69, 9.17) is 18.9 Å². The van der Waals surface area contributed by atoms with Crippen molar-refractivity contribution in [2.45, 2.75) is 51.4 Å². The van der Waals surface area contributed by atoms with Crippen LogP contribution in [-0.2, 0) is 23.7 Å². The van der Waals surface area contributed by atoms with Crippen LogP contribution in [0.5, 0.6) is 0 Å². The lowest BCUT2D eigenvalue weighted by molar-refractivity contribution is -0.180. The van der Waals surface area contributed by atoms with Crippen molar-refractivity contribution in [1.29, 1.82) is 0 Å². The minimum atomic E-state index is -1.22. The molecule has 1 heterocycles. The summed E-state index contributed by atoms with van der Waals surface area (Å²) < 4.78 is 22.6. The third-order valence-electron chi connectivity index (χ3n) is 6.51. The minimum absolute atomic E-state index is 0.100. The summed E-state index contributed by atoms with van der Waals surface area (Å²) in [5, 5.41) is 12.0. The molecule has 2 aromatic rings. The molecule has 0 radical (unpaired) electrons. The van der Waals surface area contributed by atoms with Crippen molar-refractivity contribution in [2.75, 3.05) is 33.0 Å². The fraction of sp³-hybridized carbons (Fsp3) is 0.500. The van der Waals surface area contributed by atoms with Gasteiger partial charge in [-0.1, -0.05) is 62.4 Å². The molecule has 0 aromatic heterocycles. The molecule has 8 nitrogen and oxygen atoms in total. The maximum Gasteiger partial charge on any atom is 0.407 e. The molecule has 1 unspecified atom stereocenters. The number of nitrogens with one attached hydrogen (secondary N) is 1. The number of hydrogen-bond donors (Lipinski definition) is 2. The molecular formula is C28H35NO7. The molecule has 2 atom stereocenters. The minimum Gasteiger partial charge on any atom is -0.480 e. The van der Waals surface area contributed by atoms with E-state index >= 15 is 0 Å². The molecule has 2 N–H and O–H groups in total. The number of hydrogen-bond acceptors (Lipinski definition) is 6. The van der Waals surface area contributed by atoms with E-state index in [0.29, 0.717) is 13.2 Å². The topological polar surface area (TPSA) is 103 Å². The third-order valence-corrected chi connectivity index (χ3v) is 6.51. The highest BCUT2D eigenvalue weighted by molar-refractivity contribution is 5.81. The first-order valence-electron chi connectivity index (χ1n) is 12.5. The van der Waals surface area contributed by atoms with Crippen LogP contribution in [0.25, 0.3) is 11.1 Å². The Morgan fingerprint density at radius 2 is 1.72 bits per heavy atom. The molecule has 1 amide bonds. The summed E-state index contributed by atoms with van der Waals surface area (Å²) in [6.07, 6.45) is 2.04. The van der Waals surface area contributed by atoms with Gasteiger partial charge in [0.15, 0.2) is 12.3 Å². The Labute approximate surface area is 211 Å². The SMILES string of the molecule is CC(C)(COC[C@H](NC(=O)OCC1c2ccccc2-c2ccccc21)C(=O)O)COC1CCCCO1. The monoisotopic (exact) mass is 497 g/mol. The molecule has 8 heteroatoms. The predicted octanol–water partition coefficient (Wildman–Crippen LogP) is 4.56. The van der Waals surface area contributed by atoms with Gasteiger partial charge in [-0.05, 0) is 41.5 Å². The van der Waals surface area contributed by atoms with Crippen LogP contribution in [0, 0.1) is 5.41 Å². The third kappa shape index (κ3) is 6.63. The number of alkyl carbamates (subject to hydrolysis) is 1. The van der Waals surface area contributed by atoms with Crippen LogP contribution >= 0.6 is 0 Å². The van der Waals surface area contributed by atoms with Gasteiger partial charge in [-0.2, -0.15) is 0 Å². The highest BCUT2D eigenvalue weighted by atomic mass is 16.7. The summed E-state index contributed by atoms with van der Waals surface area (Å²) in [7, 11) is 0. The average Bonchev–Trinajstić information content (AvgIpc) is 3.20. The van der Waals surface area contributed by atoms with Crippen molar-refractivity contribution < 1.29 is 33.6 Å². The molecule has 1 saturated heterocycles. The average molecular weight is 498 g/mol. The zero-order valence-electron chi connectivity index (χ0n) is 20.9. The van der Waals surface area contributed by atoms with E-state index in [1.165, 1.54) is 0 Å². The number of rotatable bonds is 11. The van der Waals surface area contributed by atoms with E-state index in [1.807, 2.05) is 50.2 Å². The number of fused-ring (bicyclic) bond motifs is 3. The molecule has 0 spiro atoms. The lowest BCUT2D eigenvalue weighted by Gasteiger charge is -2.29. The van der Waals surface area contributed by atoms with Crippen molar-refractivity contribution >= 4 is 12.1 Å². The molecule has 1 aliphatic carbocycles. The maximum atomic E-state index is 12.5. The Bertz CT molecular complexity index is 1000. The fourth-order valence-electron chi connectivity index (χ4n) is 4.61. The standard InChI is InChI=1S/C28H35NO7/c1-28(2,18-36-25-13-7-8-14-34-25)17-33-16-24(26(30)31)29-27(32)35-15-23-21-11-5-3-9-19(21)20-10-4-6-12-22(20)23/h3-6,9-12,23-25H,7-8,13-18H2,1-2H3,(H,29,32)(H,30,31)/t24-,25?/m0/s1. The lowest BCUT2D eigenvalue weighted by atomic mass is 9.96. The second kappa shape index (κ2) is 11.9. The van der Waals surface area contributed by atoms with Gasteiger partial charge in [-0.15, -0.1) is 0 Å². The molecule has 0 saturated carbocycles. The summed E-state index contributed by atoms with van der Waals surface area (Å²) in [5.74, 6) is -1.29. The summed E-state index contributed by atoms with van der Waals surface area (Å²) in [5.41, 5.74) is 4.09. The van der Waals surface area contributed by atoms with Gasteiger partial charge in [0.2, 0.25) is 0 Å². The van der Waals surface area contributed by atoms with Crippen LogP contribution < -0.4 is 5.32 Å². The first-order chi connectivity index (χ1) is 17.3. The quantitative estimate of drug-likeness (QED) is 0.469. The van der Waals surface area contributed by atoms with Crippen LogP contribution in [0.15, 0.2) is 48.5 Å². The fourth-order valence-corrected chi connectivity index (χ4v) is 4.61. The molecule has 2 aliphatic rings. The smallest absolute Gasteiger partial charge is 0.407 e. The molecule has 1 aliphatic heterocycles. The number of benzene rings is 2. The molecular weight excluding hydrogens is 462 g/mol. The zero-order valence-corrected chi connectivity index (χ0v) is 20.9. The molecule has 0 bridgehead atoms. The van der Waals surface area contributed by atoms with E-state index in [2.05, 4.69) is 17.4 Å². The second-order valence-electron chi connectivity index (χ2n) is 10.1. The van der Waals surface area contributed by atoms with Gasteiger partial charge in [0.05, 0.1) is 19.8 Å². The Morgan fingerprint density at radius 1 is 1.06 bits per heavy atom. The van der Waals surface area contributed by atoms with Gasteiger partial charge in [-0.3, -0.25) is 0 Å². The van der Waals surface area contributed by atoms with Crippen LogP contribution in [0.4, 0.5) is 4.79 Å². The number of carboxylic acids is 1. The summed E-state index contributed by atoms with van der Waals surface area (Å²) in [4.78, 5) is 24.2. The molecule has 2 aromatic carbocycles. The molecule has 36 heavy (non-hydrogen) atoms. The Hall–Kier alpha value is -2.94. The van der Waals surface area contributed by atoms with Gasteiger partial charge >= 0.3 is 12.1 Å². The van der Waals surface area contributed by atoms with Gasteiger partial charge in [0.25, 0.3) is 0 Å². The highest BCUT2D eigenvalue weighted by Crippen LogP contribution is 2.44. The van der Waals surface area contributed by atoms with Crippen LogP contribution in [0.1, 0.15) is 50.2 Å². The predicted molar refractivity (Wildman–Crippen MR) is 134 cm³/mol. The largest absolute Gasteiger partial charge is 0.480 e. The molecule has 1 fully saturated rings. The van der Waals surface area contributed by atoms with Crippen molar-refractivity contribution in [3.63, 3.8) is 0 Å². The first kappa shape index (κ1) is 26.1. The first-order valence-corrected chi connectivity index (χ1v) is 12.5. The van der Waals surface area contributed by atoms with Gasteiger partial charge < -0.3 is 29.4 Å². The highest BCUT2D eigenvalue weighted by Gasteiger charge is 2.30. The molecule has 194 valence electrons. The Balaban J connectivity index is 1.25. The summed E-state index contributed by atoms with van der Waals surface area (Å²) >= 11 is 0. The van der Waals surface area contributed by atoms with Gasteiger partial charge in [-0.25, -0.2) is 9.59 Å². The van der Waals surface area contributed by atoms with Gasteiger partial charge in [0, 0.05) is 17.9 Å². The van der Waals surface area contributed by atoms with Crippen molar-refractivity contribution in [3.8, 4) is 11.1 Å². The Morgan fingerprint density at radius 3 is 2.33 bits per heavy atom. The number of ether oxygens (including phenoxy) is 4. The number of carbonyl (C=O) groups is 2. The van der Waals surface area contributed by atoms with Crippen molar-refractivity contribution in [3.05, 3.63) is 59.7 Å². The second-order valence-corrected chi connectivity index (χ2v) is 10.1. The van der Waals surface area contributed by atoms with Crippen LogP contribution in [0.2, 0.25) is 0 Å². The van der Waals surface area contributed by atoms with Gasteiger partial charge in [0.1, 0.15) is 6.61 Å². The molecule has 4 rings (SSSR count). The van der Waals surface area contributed by atoms with E-state index in [9.17, 15) is 14.7 Å². The maximum absolute atomic E-state index is 12.5. The van der Waals surface area contributed by atoms with E-state index in [-0.39, 0.29) is 37.4 Å². The lowest BCUT2D eigenvalue weighted by Crippen LogP contribution is -2.45. The van der Waals surface area contributed by atoms with E-state index in [0.717, 1.165) is 41.5 Å². The van der Waals surface area contributed by atoms with Crippen molar-refractivity contribution in [1.82, 2.24) is 5.32 Å². The normalized spacial score (nSPS) is 18.2. The van der Waals surface area contributed by atoms with E-state index in [1.54, 1.807) is 0 Å². The number of carbonyl (C=O) groups excluding carboxylic acids is 1. The van der Waals surface area contributed by atoms with Crippen LogP contribution in [0.3, 0.4) is 0 Å². The number of carboxylic acid groups (broad SMARTS) is 1. The zero-order chi connectivity index (χ0) is 25.5. The number of amides is 1. The number of aliphatic carboxylic acids is 1. The van der Waals surface area contributed by atoms with Crippen molar-refractivity contribution in [2.24, 2.45) is 5.41 Å². The van der Waals surface area contributed by atoms with E-state index < -0.39 is 18.1 Å². The summed E-state index contributed by atoms with van der Waals surface area (Å²) in [6, 6.07) is 14.8. The Kier molecular flexibility index (Phi) is 8.61. The van der Waals surface area contributed by atoms with Crippen LogP contribution in [-0.4, -0.2) is 62.5 Å². The summed E-state index contributed by atoms with van der Waals surface area (Å²) in [6.45, 7) is 5.30.